The lowest BCUT2D eigenvalue weighted by molar-refractivity contribution is 0.322. The molecule has 1 atom stereocenters. The molecule has 0 radical (unpaired) electrons. The molecule has 0 aromatic heterocycles. The third-order valence-corrected chi connectivity index (χ3v) is 4.28. The normalized spacial score (nSPS) is 17.6. The Morgan fingerprint density at radius 2 is 2.11 bits per heavy atom. The van der Waals surface area contributed by atoms with Crippen molar-refractivity contribution in [1.29, 1.82) is 0 Å². The molecule has 0 amide bonds. The summed E-state index contributed by atoms with van der Waals surface area (Å²) in [4.78, 5) is 0. The van der Waals surface area contributed by atoms with Crippen LogP contribution in [0.1, 0.15) is 31.2 Å². The van der Waals surface area contributed by atoms with Crippen LogP contribution >= 0.6 is 0 Å². The number of hydrogen-bond donors (Lipinski definition) is 1. The van der Waals surface area contributed by atoms with Gasteiger partial charge in [-0.15, -0.1) is 0 Å². The summed E-state index contributed by atoms with van der Waals surface area (Å²) >= 11 is 0. The van der Waals surface area contributed by atoms with Gasteiger partial charge in [0, 0.05) is 0 Å². The van der Waals surface area contributed by atoms with Gasteiger partial charge in [0.15, 0.2) is 11.6 Å². The Hall–Kier alpha value is -1.09. The Balaban J connectivity index is 2.11. The van der Waals surface area contributed by atoms with E-state index in [-0.39, 0.29) is 5.82 Å². The van der Waals surface area contributed by atoms with Crippen molar-refractivity contribution < 1.29 is 9.13 Å². The van der Waals surface area contributed by atoms with Crippen LogP contribution < -0.4 is 10.1 Å². The summed E-state index contributed by atoms with van der Waals surface area (Å²) in [6.07, 6.45) is 6.03. The van der Waals surface area contributed by atoms with Crippen molar-refractivity contribution in [3.8, 4) is 5.75 Å². The molecule has 19 heavy (non-hydrogen) atoms. The third kappa shape index (κ3) is 3.47. The van der Waals surface area contributed by atoms with Gasteiger partial charge in [0.25, 0.3) is 0 Å². The summed E-state index contributed by atoms with van der Waals surface area (Å²) in [6.45, 7) is 0.960. The standard InChI is InChI=1S/C16H24FNO/c1-18-11-14(12-6-3-4-7-12)10-13-8-5-9-15(19-2)16(13)17/h5,8-9,12,14,18H,3-4,6-7,10-11H2,1-2H3. The molecule has 1 unspecified atom stereocenters. The molecule has 3 heteroatoms. The highest BCUT2D eigenvalue weighted by atomic mass is 19.1. The van der Waals surface area contributed by atoms with Gasteiger partial charge in [-0.2, -0.15) is 0 Å². The molecule has 1 N–H and O–H groups in total. The van der Waals surface area contributed by atoms with Gasteiger partial charge in [0.05, 0.1) is 7.11 Å². The summed E-state index contributed by atoms with van der Waals surface area (Å²) in [5.74, 6) is 1.42. The van der Waals surface area contributed by atoms with Gasteiger partial charge >= 0.3 is 0 Å². The Morgan fingerprint density at radius 3 is 2.74 bits per heavy atom. The van der Waals surface area contributed by atoms with Crippen molar-refractivity contribution in [2.45, 2.75) is 32.1 Å². The molecule has 106 valence electrons. The average molecular weight is 265 g/mol. The largest absolute Gasteiger partial charge is 0.494 e. The van der Waals surface area contributed by atoms with Gasteiger partial charge in [0.2, 0.25) is 0 Å². The summed E-state index contributed by atoms with van der Waals surface area (Å²) in [7, 11) is 3.49. The van der Waals surface area contributed by atoms with E-state index in [2.05, 4.69) is 5.32 Å². The van der Waals surface area contributed by atoms with Gasteiger partial charge < -0.3 is 10.1 Å². The molecule has 1 aliphatic carbocycles. The fourth-order valence-electron chi connectivity index (χ4n) is 3.25. The van der Waals surface area contributed by atoms with Crippen LogP contribution in [0.15, 0.2) is 18.2 Å². The fourth-order valence-corrected chi connectivity index (χ4v) is 3.25. The lowest BCUT2D eigenvalue weighted by atomic mass is 9.85. The van der Waals surface area contributed by atoms with Gasteiger partial charge in [-0.3, -0.25) is 0 Å². The number of ether oxygens (including phenoxy) is 1. The molecule has 1 fully saturated rings. The minimum atomic E-state index is -0.191. The molecule has 1 aromatic rings. The molecule has 0 bridgehead atoms. The predicted octanol–water partition coefficient (Wildman–Crippen LogP) is 3.40. The smallest absolute Gasteiger partial charge is 0.168 e. The quantitative estimate of drug-likeness (QED) is 0.851. The van der Waals surface area contributed by atoms with Crippen LogP contribution in [0.4, 0.5) is 4.39 Å². The number of nitrogens with one attached hydrogen (secondary N) is 1. The molecule has 1 saturated carbocycles. The minimum Gasteiger partial charge on any atom is -0.494 e. The van der Waals surface area contributed by atoms with Gasteiger partial charge in [0.1, 0.15) is 0 Å². The van der Waals surface area contributed by atoms with Crippen LogP contribution in [0.5, 0.6) is 5.75 Å². The van der Waals surface area contributed by atoms with Crippen molar-refractivity contribution >= 4 is 0 Å². The maximum atomic E-state index is 14.2. The molecule has 0 spiro atoms. The average Bonchev–Trinajstić information content (AvgIpc) is 2.94. The van der Waals surface area contributed by atoms with Crippen LogP contribution in [-0.4, -0.2) is 20.7 Å². The van der Waals surface area contributed by atoms with Crippen LogP contribution in [0.3, 0.4) is 0 Å². The highest BCUT2D eigenvalue weighted by molar-refractivity contribution is 5.31. The molecular formula is C16H24FNO. The second-order valence-corrected chi connectivity index (χ2v) is 5.50. The second-order valence-electron chi connectivity index (χ2n) is 5.50. The van der Waals surface area contributed by atoms with Gasteiger partial charge in [-0.1, -0.05) is 37.8 Å². The molecular weight excluding hydrogens is 241 g/mol. The molecule has 2 nitrogen and oxygen atoms in total. The van der Waals surface area contributed by atoms with E-state index in [1.165, 1.54) is 32.8 Å². The zero-order chi connectivity index (χ0) is 13.7. The van der Waals surface area contributed by atoms with E-state index in [1.807, 2.05) is 19.2 Å². The zero-order valence-corrected chi connectivity index (χ0v) is 11.9. The molecule has 0 saturated heterocycles. The predicted molar refractivity (Wildman–Crippen MR) is 76.0 cm³/mol. The lowest BCUT2D eigenvalue weighted by Crippen LogP contribution is -2.27. The first-order valence-corrected chi connectivity index (χ1v) is 7.22. The first-order chi connectivity index (χ1) is 9.26. The van der Waals surface area contributed by atoms with Crippen molar-refractivity contribution in [1.82, 2.24) is 5.32 Å². The zero-order valence-electron chi connectivity index (χ0n) is 11.9. The molecule has 2 rings (SSSR count). The topological polar surface area (TPSA) is 21.3 Å². The van der Waals surface area contributed by atoms with Crippen LogP contribution in [0.2, 0.25) is 0 Å². The summed E-state index contributed by atoms with van der Waals surface area (Å²) in [6, 6.07) is 5.44. The van der Waals surface area contributed by atoms with Crippen LogP contribution in [0.25, 0.3) is 0 Å². The summed E-state index contributed by atoms with van der Waals surface area (Å²) in [5, 5.41) is 3.26. The van der Waals surface area contributed by atoms with Gasteiger partial charge in [-0.05, 0) is 43.5 Å². The fraction of sp³-hybridized carbons (Fsp3) is 0.625. The highest BCUT2D eigenvalue weighted by Crippen LogP contribution is 2.34. The van der Waals surface area contributed by atoms with Crippen molar-refractivity contribution in [3.63, 3.8) is 0 Å². The Labute approximate surface area is 115 Å². The van der Waals surface area contributed by atoms with Crippen molar-refractivity contribution in [3.05, 3.63) is 29.6 Å². The maximum absolute atomic E-state index is 14.2. The molecule has 1 aliphatic rings. The maximum Gasteiger partial charge on any atom is 0.168 e. The van der Waals surface area contributed by atoms with E-state index in [1.54, 1.807) is 6.07 Å². The Morgan fingerprint density at radius 1 is 1.37 bits per heavy atom. The first kappa shape index (κ1) is 14.3. The number of rotatable bonds is 6. The molecule has 0 aliphatic heterocycles. The molecule has 1 aromatic carbocycles. The van der Waals surface area contributed by atoms with Crippen LogP contribution in [-0.2, 0) is 6.42 Å². The second kappa shape index (κ2) is 6.90. The lowest BCUT2D eigenvalue weighted by Gasteiger charge is -2.23. The van der Waals surface area contributed by atoms with E-state index < -0.39 is 0 Å². The van der Waals surface area contributed by atoms with E-state index in [9.17, 15) is 4.39 Å². The van der Waals surface area contributed by atoms with E-state index in [0.29, 0.717) is 11.7 Å². The first-order valence-electron chi connectivity index (χ1n) is 7.22. The summed E-state index contributed by atoms with van der Waals surface area (Å²) in [5.41, 5.74) is 0.784. The van der Waals surface area contributed by atoms with Crippen molar-refractivity contribution in [2.24, 2.45) is 11.8 Å². The third-order valence-electron chi connectivity index (χ3n) is 4.28. The Kier molecular flexibility index (Phi) is 5.20. The van der Waals surface area contributed by atoms with Crippen molar-refractivity contribution in [2.75, 3.05) is 20.7 Å². The van der Waals surface area contributed by atoms with Gasteiger partial charge in [-0.25, -0.2) is 4.39 Å². The SMILES string of the molecule is CNCC(Cc1cccc(OC)c1F)C1CCCC1. The summed E-state index contributed by atoms with van der Waals surface area (Å²) < 4.78 is 19.3. The Bertz CT molecular complexity index is 402. The van der Waals surface area contributed by atoms with E-state index in [0.717, 1.165) is 24.4 Å². The monoisotopic (exact) mass is 265 g/mol. The number of methoxy groups -OCH3 is 1. The van der Waals surface area contributed by atoms with E-state index in [4.69, 9.17) is 4.74 Å². The number of benzene rings is 1. The highest BCUT2D eigenvalue weighted by Gasteiger charge is 2.25. The van der Waals surface area contributed by atoms with E-state index >= 15 is 0 Å². The molecule has 0 heterocycles. The number of hydrogen-bond acceptors (Lipinski definition) is 2. The number of halogens is 1. The minimum absolute atomic E-state index is 0.191. The van der Waals surface area contributed by atoms with Crippen LogP contribution in [0, 0.1) is 17.7 Å².